The second-order valence-electron chi connectivity index (χ2n) is 23.0. The van der Waals surface area contributed by atoms with Crippen LogP contribution in [-0.2, 0) is 33.5 Å². The highest BCUT2D eigenvalue weighted by Crippen LogP contribution is 2.30. The molecule has 88 heavy (non-hydrogen) atoms. The van der Waals surface area contributed by atoms with E-state index in [1.165, 1.54) is 43.3 Å². The molecule has 13 N–H and O–H groups in total. The zero-order valence-corrected chi connectivity index (χ0v) is 50.3. The number of carbonyl (C=O) groups excluding carboxylic acids is 7. The molecule has 3 fully saturated rings. The van der Waals surface area contributed by atoms with E-state index in [2.05, 4.69) is 33.5 Å². The third-order valence-corrected chi connectivity index (χ3v) is 16.3. The van der Waals surface area contributed by atoms with Gasteiger partial charge >= 0.3 is 0 Å². The molecule has 25 nitrogen and oxygen atoms in total. The quantitative estimate of drug-likeness (QED) is 0.0552. The minimum Gasteiger partial charge on any atom is -0.508 e. The van der Waals surface area contributed by atoms with Crippen LogP contribution in [0.4, 0.5) is 0 Å². The maximum absolute atomic E-state index is 14.8. The molecule has 0 unspecified atom stereocenters. The van der Waals surface area contributed by atoms with Crippen molar-refractivity contribution in [2.24, 2.45) is 5.92 Å². The van der Waals surface area contributed by atoms with E-state index in [4.69, 9.17) is 9.47 Å². The highest BCUT2D eigenvalue weighted by molar-refractivity contribution is 6.00. The fourth-order valence-electron chi connectivity index (χ4n) is 10.9. The Morgan fingerprint density at radius 3 is 1.77 bits per heavy atom. The molecule has 0 spiro atoms. The zero-order valence-electron chi connectivity index (χ0n) is 50.3. The predicted molar refractivity (Wildman–Crippen MR) is 320 cm³/mol. The van der Waals surface area contributed by atoms with Gasteiger partial charge in [-0.05, 0) is 98.1 Å². The fraction of sp³-hybridized carbons (Fsp3) is 0.508. The third kappa shape index (κ3) is 17.0. The van der Waals surface area contributed by atoms with Crippen LogP contribution in [0.1, 0.15) is 88.7 Å². The number of nitrogens with zero attached hydrogens (tertiary/aromatic N) is 3. The van der Waals surface area contributed by atoms with Gasteiger partial charge in [0.25, 0.3) is 5.91 Å². The number of aromatic hydroxyl groups is 1. The standard InChI is InChI=1S/C63H84N8O17/c1-7-9-10-28-87-45-25-21-40(22-26-45)38-13-11-37(12-14-38)39-15-17-42(18-16-39)56(80)64-46-31-48(76)61(88-29-27-69(6)8-2)68-60(84)52-53(77)34(3)32-71(52)63(86)50(36(5)73)66-59(83)51(55(79)54(78)41-19-23-43(74)24-20-41)67-58(82)47-30-44(75)33-70(47)62(85)49(35(4)72)65-57(46)81/h11-26,34-36,44,46-55,61,72-79H,7-10,27-33H2,1-6H3,(H,64,80)(H,65,81)(H,66,83)(H,67,82)(H,68,84)/t34-,35-,36-,44+,46+,47-,48+,49-,50-,51-,52-,53-,54-,55-,61+/m0/s1. The third-order valence-electron chi connectivity index (χ3n) is 16.3. The van der Waals surface area contributed by atoms with Crippen LogP contribution in [0.25, 0.3) is 22.3 Å². The van der Waals surface area contributed by atoms with Crippen molar-refractivity contribution in [3.8, 4) is 33.8 Å². The van der Waals surface area contributed by atoms with Crippen molar-refractivity contribution in [3.63, 3.8) is 0 Å². The molecule has 7 rings (SSSR count). The van der Waals surface area contributed by atoms with Crippen LogP contribution < -0.4 is 31.3 Å². The van der Waals surface area contributed by atoms with Gasteiger partial charge in [0.05, 0.1) is 37.6 Å². The summed E-state index contributed by atoms with van der Waals surface area (Å²) in [6, 6.07) is 15.3. The maximum Gasteiger partial charge on any atom is 0.251 e. The number of hydrogen-bond acceptors (Lipinski definition) is 18. The van der Waals surface area contributed by atoms with E-state index in [0.717, 1.165) is 70.9 Å². The molecule has 3 saturated heterocycles. The van der Waals surface area contributed by atoms with E-state index in [-0.39, 0.29) is 36.6 Å². The Hall–Kier alpha value is -7.59. The monoisotopic (exact) mass is 1220 g/mol. The lowest BCUT2D eigenvalue weighted by Crippen LogP contribution is -2.64. The number of unbranched alkanes of at least 4 members (excludes halogenated alkanes) is 2. The molecule has 4 aromatic rings. The van der Waals surface area contributed by atoms with Gasteiger partial charge in [-0.15, -0.1) is 0 Å². The van der Waals surface area contributed by atoms with Crippen molar-refractivity contribution in [2.75, 3.05) is 46.4 Å². The number of carbonyl (C=O) groups is 7. The lowest BCUT2D eigenvalue weighted by Gasteiger charge is -2.34. The summed E-state index contributed by atoms with van der Waals surface area (Å²) in [5, 5.41) is 103. The van der Waals surface area contributed by atoms with Crippen LogP contribution in [0.5, 0.6) is 11.5 Å². The highest BCUT2D eigenvalue weighted by atomic mass is 16.5. The highest BCUT2D eigenvalue weighted by Gasteiger charge is 2.50. The van der Waals surface area contributed by atoms with Gasteiger partial charge in [0.2, 0.25) is 35.4 Å². The average molecular weight is 1230 g/mol. The van der Waals surface area contributed by atoms with Crippen LogP contribution in [0.2, 0.25) is 0 Å². The molecule has 7 amide bonds. The predicted octanol–water partition coefficient (Wildman–Crippen LogP) is 0.0489. The van der Waals surface area contributed by atoms with Crippen LogP contribution in [-0.4, -0.2) is 222 Å². The van der Waals surface area contributed by atoms with Crippen LogP contribution in [0, 0.1) is 5.92 Å². The number of amides is 7. The molecule has 3 heterocycles. The lowest BCUT2D eigenvalue weighted by atomic mass is 9.96. The Kier molecular flexibility index (Phi) is 24.0. The first-order valence-corrected chi connectivity index (χ1v) is 29.8. The lowest BCUT2D eigenvalue weighted by molar-refractivity contribution is -0.149. The minimum absolute atomic E-state index is 0.0466. The Labute approximate surface area is 511 Å². The molecule has 4 aromatic carbocycles. The Morgan fingerprint density at radius 1 is 0.659 bits per heavy atom. The van der Waals surface area contributed by atoms with E-state index in [1.54, 1.807) is 19.2 Å². The van der Waals surface area contributed by atoms with E-state index < -0.39 is 152 Å². The Balaban J connectivity index is 1.23. The van der Waals surface area contributed by atoms with Gasteiger partial charge in [-0.3, -0.25) is 33.6 Å². The van der Waals surface area contributed by atoms with Crippen LogP contribution in [0.15, 0.2) is 97.1 Å². The van der Waals surface area contributed by atoms with Crippen molar-refractivity contribution in [3.05, 3.63) is 108 Å². The number of phenolic OH excluding ortho intramolecular Hbond substituents is 1. The second-order valence-corrected chi connectivity index (χ2v) is 23.0. The molecule has 3 aliphatic rings. The second kappa shape index (κ2) is 31.0. The SMILES string of the molecule is CCCCCOc1ccc(-c2ccc(-c3ccc(C(=O)N[C@@H]4C[C@@H](O)[C@@H](OCCN(C)CC)NC(=O)[C@@H]5[C@@H](O)[C@@H](C)CN5C(=O)[C@H]([C@H](C)O)NC(=O)[C@H]([C@H](O)[C@@H](O)c5ccc(O)cc5)NC(=O)[C@@H]5C[C@@H](O)CN5C(=O)[C@H]([C@H](C)O)NC4=O)cc3)cc2)cc1. The average Bonchev–Trinajstić information content (AvgIpc) is 3.31. The summed E-state index contributed by atoms with van der Waals surface area (Å²) in [6.07, 6.45) is -12.6. The van der Waals surface area contributed by atoms with Gasteiger partial charge in [0.15, 0.2) is 6.23 Å². The molecule has 0 aliphatic carbocycles. The first-order chi connectivity index (χ1) is 41.9. The number of ether oxygens (including phenoxy) is 2. The molecular formula is C63H84N8O17. The molecular weight excluding hydrogens is 1140 g/mol. The summed E-state index contributed by atoms with van der Waals surface area (Å²) in [5.41, 5.74) is 3.48. The summed E-state index contributed by atoms with van der Waals surface area (Å²) in [6.45, 7) is 8.17. The maximum atomic E-state index is 14.8. The normalized spacial score (nSPS) is 26.5. The first kappa shape index (κ1) is 67.9. The summed E-state index contributed by atoms with van der Waals surface area (Å²) < 4.78 is 11.9. The number of fused-ring (bicyclic) bond motifs is 2. The number of aliphatic hydroxyl groups is 7. The van der Waals surface area contributed by atoms with Crippen molar-refractivity contribution in [1.82, 2.24) is 41.3 Å². The first-order valence-electron chi connectivity index (χ1n) is 29.8. The number of hydrogen-bond donors (Lipinski definition) is 13. The van der Waals surface area contributed by atoms with Crippen molar-refractivity contribution < 1.29 is 83.9 Å². The number of nitrogens with one attached hydrogen (secondary N) is 5. The van der Waals surface area contributed by atoms with Gasteiger partial charge in [0, 0.05) is 44.0 Å². The molecule has 478 valence electrons. The summed E-state index contributed by atoms with van der Waals surface area (Å²) in [4.78, 5) is 106. The number of aliphatic hydroxyl groups excluding tert-OH is 7. The van der Waals surface area contributed by atoms with Gasteiger partial charge in [-0.1, -0.05) is 94.3 Å². The van der Waals surface area contributed by atoms with Gasteiger partial charge in [-0.2, -0.15) is 0 Å². The van der Waals surface area contributed by atoms with E-state index in [0.29, 0.717) is 13.2 Å². The summed E-state index contributed by atoms with van der Waals surface area (Å²) in [5.74, 6) is -8.25. The Bertz CT molecular complexity index is 3010. The zero-order chi connectivity index (χ0) is 64.1. The van der Waals surface area contributed by atoms with Crippen LogP contribution in [0.3, 0.4) is 0 Å². The van der Waals surface area contributed by atoms with E-state index in [9.17, 15) is 74.4 Å². The molecule has 3 aliphatic heterocycles. The largest absolute Gasteiger partial charge is 0.508 e. The van der Waals surface area contributed by atoms with Crippen molar-refractivity contribution in [2.45, 2.75) is 152 Å². The molecule has 25 heteroatoms. The smallest absolute Gasteiger partial charge is 0.251 e. The number of benzene rings is 4. The molecule has 0 saturated carbocycles. The van der Waals surface area contributed by atoms with Gasteiger partial charge in [0.1, 0.15) is 66.1 Å². The number of rotatable bonds is 19. The minimum atomic E-state index is -2.29. The van der Waals surface area contributed by atoms with Crippen LogP contribution >= 0.6 is 0 Å². The van der Waals surface area contributed by atoms with E-state index >= 15 is 0 Å². The molecule has 0 aromatic heterocycles. The number of phenols is 1. The van der Waals surface area contributed by atoms with Crippen molar-refractivity contribution >= 4 is 41.4 Å². The number of likely N-dealkylation sites (N-methyl/N-ethyl adjacent to an activating group) is 1. The van der Waals surface area contributed by atoms with Crippen molar-refractivity contribution in [1.29, 1.82) is 0 Å². The molecule has 15 atom stereocenters. The molecule has 0 bridgehead atoms. The Morgan fingerprint density at radius 2 is 1.20 bits per heavy atom. The fourth-order valence-corrected chi connectivity index (χ4v) is 10.9. The van der Waals surface area contributed by atoms with Gasteiger partial charge in [-0.25, -0.2) is 0 Å². The summed E-state index contributed by atoms with van der Waals surface area (Å²) in [7, 11) is 1.77. The molecule has 0 radical (unpaired) electrons. The summed E-state index contributed by atoms with van der Waals surface area (Å²) >= 11 is 0. The topological polar surface area (TPSA) is 370 Å². The van der Waals surface area contributed by atoms with Gasteiger partial charge < -0.3 is 91.6 Å². The van der Waals surface area contributed by atoms with E-state index in [1.807, 2.05) is 60.4 Å².